The van der Waals surface area contributed by atoms with E-state index in [1.165, 1.54) is 47.7 Å². The number of ether oxygens (including phenoxy) is 1. The second-order valence-electron chi connectivity index (χ2n) is 5.95. The van der Waals surface area contributed by atoms with Crippen molar-refractivity contribution in [2.45, 2.75) is 6.04 Å². The van der Waals surface area contributed by atoms with Crippen molar-refractivity contribution in [2.75, 3.05) is 6.61 Å². The highest BCUT2D eigenvalue weighted by Crippen LogP contribution is 2.26. The largest absolute Gasteiger partial charge is 0.452 e. The van der Waals surface area contributed by atoms with E-state index in [9.17, 15) is 24.1 Å². The van der Waals surface area contributed by atoms with Crippen LogP contribution in [0.1, 0.15) is 26.8 Å². The molecule has 0 unspecified atom stereocenters. The van der Waals surface area contributed by atoms with Gasteiger partial charge in [0.2, 0.25) is 0 Å². The molecular formula is C20H15FN2O5S. The van der Waals surface area contributed by atoms with Crippen molar-refractivity contribution >= 4 is 28.9 Å². The Morgan fingerprint density at radius 2 is 1.79 bits per heavy atom. The Labute approximate surface area is 168 Å². The molecule has 29 heavy (non-hydrogen) atoms. The first-order chi connectivity index (χ1) is 13.9. The zero-order valence-corrected chi connectivity index (χ0v) is 15.7. The van der Waals surface area contributed by atoms with Crippen molar-refractivity contribution in [1.29, 1.82) is 0 Å². The standard InChI is InChI=1S/C20H15FN2O5S/c21-15-7-3-13(4-8-15)19(17-2-1-11-29-17)22-18(24)12-28-20(25)14-5-9-16(10-6-14)23(26)27/h1-11,19H,12H2,(H,22,24)/t19-/m1/s1. The van der Waals surface area contributed by atoms with Crippen LogP contribution in [0, 0.1) is 15.9 Å². The minimum absolute atomic E-state index is 0.0942. The predicted molar refractivity (Wildman–Crippen MR) is 104 cm³/mol. The van der Waals surface area contributed by atoms with Crippen molar-refractivity contribution in [3.8, 4) is 0 Å². The van der Waals surface area contributed by atoms with Crippen molar-refractivity contribution < 1.29 is 23.6 Å². The number of carbonyl (C=O) groups excluding carboxylic acids is 2. The number of hydrogen-bond acceptors (Lipinski definition) is 6. The second kappa shape index (κ2) is 9.07. The molecule has 0 saturated heterocycles. The Morgan fingerprint density at radius 1 is 1.10 bits per heavy atom. The molecule has 0 bridgehead atoms. The lowest BCUT2D eigenvalue weighted by Crippen LogP contribution is -2.32. The third-order valence-corrected chi connectivity index (χ3v) is 4.92. The number of hydrogen-bond donors (Lipinski definition) is 1. The summed E-state index contributed by atoms with van der Waals surface area (Å²) in [7, 11) is 0. The van der Waals surface area contributed by atoms with Crippen molar-refractivity contribution in [3.05, 3.63) is 98.0 Å². The molecule has 3 rings (SSSR count). The molecule has 148 valence electrons. The van der Waals surface area contributed by atoms with Crippen LogP contribution in [0.15, 0.2) is 66.0 Å². The third-order valence-electron chi connectivity index (χ3n) is 3.98. The van der Waals surface area contributed by atoms with Gasteiger partial charge in [0.25, 0.3) is 11.6 Å². The molecule has 0 saturated carbocycles. The van der Waals surface area contributed by atoms with Crippen LogP contribution < -0.4 is 5.32 Å². The second-order valence-corrected chi connectivity index (χ2v) is 6.93. The number of rotatable bonds is 7. The molecular weight excluding hydrogens is 399 g/mol. The number of carbonyl (C=O) groups is 2. The van der Waals surface area contributed by atoms with E-state index >= 15 is 0 Å². The van der Waals surface area contributed by atoms with Crippen molar-refractivity contribution in [1.82, 2.24) is 5.32 Å². The lowest BCUT2D eigenvalue weighted by atomic mass is 10.1. The lowest BCUT2D eigenvalue weighted by Gasteiger charge is -2.18. The van der Waals surface area contributed by atoms with Gasteiger partial charge in [-0.25, -0.2) is 9.18 Å². The van der Waals surface area contributed by atoms with Gasteiger partial charge < -0.3 is 10.1 Å². The summed E-state index contributed by atoms with van der Waals surface area (Å²) in [6.07, 6.45) is 0. The number of halogens is 1. The molecule has 2 aromatic carbocycles. The maximum absolute atomic E-state index is 13.2. The first-order valence-electron chi connectivity index (χ1n) is 8.44. The number of benzene rings is 2. The molecule has 3 aromatic rings. The van der Waals surface area contributed by atoms with Crippen LogP contribution in [0.5, 0.6) is 0 Å². The molecule has 0 aliphatic rings. The van der Waals surface area contributed by atoms with E-state index in [4.69, 9.17) is 4.74 Å². The monoisotopic (exact) mass is 414 g/mol. The lowest BCUT2D eigenvalue weighted by molar-refractivity contribution is -0.384. The molecule has 0 spiro atoms. The average molecular weight is 414 g/mol. The summed E-state index contributed by atoms with van der Waals surface area (Å²) in [5, 5.41) is 15.3. The van der Waals surface area contributed by atoms with E-state index in [0.717, 1.165) is 4.88 Å². The fraction of sp³-hybridized carbons (Fsp3) is 0.100. The normalized spacial score (nSPS) is 11.5. The van der Waals surface area contributed by atoms with Gasteiger partial charge in [-0.3, -0.25) is 14.9 Å². The molecule has 0 aliphatic carbocycles. The number of thiophene rings is 1. The number of non-ortho nitro benzene ring substituents is 1. The Bertz CT molecular complexity index is 1000. The molecule has 1 aromatic heterocycles. The summed E-state index contributed by atoms with van der Waals surface area (Å²) in [6.45, 7) is -0.529. The highest BCUT2D eigenvalue weighted by atomic mass is 32.1. The molecule has 1 amide bonds. The maximum atomic E-state index is 13.2. The van der Waals surface area contributed by atoms with Crippen LogP contribution in [0.2, 0.25) is 0 Å². The Hall–Kier alpha value is -3.59. The summed E-state index contributed by atoms with van der Waals surface area (Å²) in [5.41, 5.74) is 0.623. The Morgan fingerprint density at radius 3 is 2.38 bits per heavy atom. The minimum Gasteiger partial charge on any atom is -0.452 e. The summed E-state index contributed by atoms with van der Waals surface area (Å²) in [6, 6.07) is 13.8. The fourth-order valence-electron chi connectivity index (χ4n) is 2.57. The zero-order chi connectivity index (χ0) is 20.8. The summed E-state index contributed by atoms with van der Waals surface area (Å²) >= 11 is 1.43. The molecule has 9 heteroatoms. The van der Waals surface area contributed by atoms with E-state index in [1.54, 1.807) is 12.1 Å². The van der Waals surface area contributed by atoms with Gasteiger partial charge in [-0.15, -0.1) is 11.3 Å². The number of amides is 1. The minimum atomic E-state index is -0.774. The van der Waals surface area contributed by atoms with E-state index in [-0.39, 0.29) is 17.1 Å². The van der Waals surface area contributed by atoms with Crippen LogP contribution in [0.3, 0.4) is 0 Å². The van der Waals surface area contributed by atoms with Gasteiger partial charge in [0.05, 0.1) is 16.5 Å². The van der Waals surface area contributed by atoms with Crippen LogP contribution in [0.4, 0.5) is 10.1 Å². The number of nitro groups is 1. The van der Waals surface area contributed by atoms with E-state index < -0.39 is 29.4 Å². The van der Waals surface area contributed by atoms with E-state index in [0.29, 0.717) is 5.56 Å². The fourth-order valence-corrected chi connectivity index (χ4v) is 3.37. The molecule has 0 radical (unpaired) electrons. The molecule has 7 nitrogen and oxygen atoms in total. The highest BCUT2D eigenvalue weighted by Gasteiger charge is 2.19. The zero-order valence-electron chi connectivity index (χ0n) is 14.9. The summed E-state index contributed by atoms with van der Waals surface area (Å²) < 4.78 is 18.2. The van der Waals surface area contributed by atoms with Gasteiger partial charge >= 0.3 is 5.97 Å². The molecule has 1 atom stereocenters. The van der Waals surface area contributed by atoms with E-state index in [2.05, 4.69) is 5.32 Å². The first-order valence-corrected chi connectivity index (χ1v) is 9.32. The Kier molecular flexibility index (Phi) is 6.30. The predicted octanol–water partition coefficient (Wildman–Crippen LogP) is 3.86. The summed E-state index contributed by atoms with van der Waals surface area (Å²) in [4.78, 5) is 35.3. The number of nitrogens with zero attached hydrogens (tertiary/aromatic N) is 1. The SMILES string of the molecule is O=C(COC(=O)c1ccc([N+](=O)[O-])cc1)N[C@H](c1ccc(F)cc1)c1cccs1. The van der Waals surface area contributed by atoms with Crippen molar-refractivity contribution in [3.63, 3.8) is 0 Å². The Balaban J connectivity index is 1.63. The maximum Gasteiger partial charge on any atom is 0.338 e. The van der Waals surface area contributed by atoms with E-state index in [1.807, 2.05) is 17.5 Å². The smallest absolute Gasteiger partial charge is 0.338 e. The van der Waals surface area contributed by atoms with Crippen molar-refractivity contribution in [2.24, 2.45) is 0 Å². The van der Waals surface area contributed by atoms with Gasteiger partial charge in [-0.1, -0.05) is 18.2 Å². The molecule has 0 aliphatic heterocycles. The third kappa shape index (κ3) is 5.23. The quantitative estimate of drug-likeness (QED) is 0.360. The topological polar surface area (TPSA) is 98.5 Å². The van der Waals surface area contributed by atoms with Gasteiger partial charge in [0.15, 0.2) is 6.61 Å². The molecule has 0 fully saturated rings. The number of esters is 1. The molecule has 1 N–H and O–H groups in total. The molecule has 1 heterocycles. The number of nitrogens with one attached hydrogen (secondary N) is 1. The van der Waals surface area contributed by atoms with Crippen LogP contribution >= 0.6 is 11.3 Å². The van der Waals surface area contributed by atoms with Gasteiger partial charge in [-0.2, -0.15) is 0 Å². The highest BCUT2D eigenvalue weighted by molar-refractivity contribution is 7.10. The van der Waals surface area contributed by atoms with Gasteiger partial charge in [-0.05, 0) is 41.3 Å². The van der Waals surface area contributed by atoms with Gasteiger partial charge in [0, 0.05) is 17.0 Å². The van der Waals surface area contributed by atoms with Crippen LogP contribution in [0.25, 0.3) is 0 Å². The van der Waals surface area contributed by atoms with Crippen LogP contribution in [-0.2, 0) is 9.53 Å². The van der Waals surface area contributed by atoms with Gasteiger partial charge in [0.1, 0.15) is 5.82 Å². The van der Waals surface area contributed by atoms with Crippen LogP contribution in [-0.4, -0.2) is 23.4 Å². The summed E-state index contributed by atoms with van der Waals surface area (Å²) in [5.74, 6) is -1.70. The average Bonchev–Trinajstić information content (AvgIpc) is 3.25. The first kappa shape index (κ1) is 20.2. The number of nitro benzene ring substituents is 1.